The summed E-state index contributed by atoms with van der Waals surface area (Å²) < 4.78 is 1.30. The van der Waals surface area contributed by atoms with E-state index in [0.717, 1.165) is 24.3 Å². The van der Waals surface area contributed by atoms with Crippen molar-refractivity contribution in [3.05, 3.63) is 34.6 Å². The van der Waals surface area contributed by atoms with Crippen molar-refractivity contribution < 1.29 is 0 Å². The zero-order valence-corrected chi connectivity index (χ0v) is 13.5. The molecule has 23 heavy (non-hydrogen) atoms. The van der Waals surface area contributed by atoms with Gasteiger partial charge in [-0.3, -0.25) is 9.36 Å². The third-order valence-corrected chi connectivity index (χ3v) is 4.04. The first-order valence-corrected chi connectivity index (χ1v) is 7.62. The molecule has 3 N–H and O–H groups in total. The van der Waals surface area contributed by atoms with Crippen molar-refractivity contribution in [3.8, 4) is 11.4 Å². The molecule has 0 amide bonds. The van der Waals surface area contributed by atoms with E-state index in [9.17, 15) is 4.79 Å². The van der Waals surface area contributed by atoms with Gasteiger partial charge in [-0.05, 0) is 38.1 Å². The Hall–Kier alpha value is -2.83. The minimum atomic E-state index is -0.231. The highest BCUT2D eigenvalue weighted by atomic mass is 16.1. The van der Waals surface area contributed by atoms with Gasteiger partial charge in [0.1, 0.15) is 5.82 Å². The molecule has 3 aromatic rings. The van der Waals surface area contributed by atoms with Crippen LogP contribution in [0.15, 0.2) is 29.1 Å². The third-order valence-electron chi connectivity index (χ3n) is 4.04. The lowest BCUT2D eigenvalue weighted by Crippen LogP contribution is -2.21. The maximum atomic E-state index is 12.2. The minimum absolute atomic E-state index is 0.150. The van der Waals surface area contributed by atoms with Gasteiger partial charge in [-0.2, -0.15) is 4.98 Å². The quantitative estimate of drug-likeness (QED) is 0.765. The normalized spacial score (nSPS) is 11.1. The van der Waals surface area contributed by atoms with E-state index >= 15 is 0 Å². The summed E-state index contributed by atoms with van der Waals surface area (Å²) in [5, 5.41) is 0. The van der Waals surface area contributed by atoms with Crippen molar-refractivity contribution in [1.29, 1.82) is 0 Å². The van der Waals surface area contributed by atoms with Crippen LogP contribution in [0, 0.1) is 0 Å². The smallest absolute Gasteiger partial charge is 0.280 e. The summed E-state index contributed by atoms with van der Waals surface area (Å²) in [7, 11) is 1.59. The zero-order chi connectivity index (χ0) is 16.6. The number of fused-ring (bicyclic) bond motifs is 1. The van der Waals surface area contributed by atoms with Gasteiger partial charge in [-0.1, -0.05) is 0 Å². The summed E-state index contributed by atoms with van der Waals surface area (Å²) in [6, 6.07) is 8.07. The van der Waals surface area contributed by atoms with Crippen molar-refractivity contribution >= 4 is 22.8 Å². The predicted molar refractivity (Wildman–Crippen MR) is 92.5 cm³/mol. The van der Waals surface area contributed by atoms with Gasteiger partial charge in [-0.15, -0.1) is 0 Å². The third kappa shape index (κ3) is 2.54. The highest BCUT2D eigenvalue weighted by molar-refractivity contribution is 5.76. The van der Waals surface area contributed by atoms with E-state index in [1.54, 1.807) is 7.05 Å². The molecule has 7 heteroatoms. The molecule has 0 aliphatic carbocycles. The van der Waals surface area contributed by atoms with Gasteiger partial charge in [0.2, 0.25) is 5.95 Å². The largest absolute Gasteiger partial charge is 0.372 e. The van der Waals surface area contributed by atoms with Gasteiger partial charge < -0.3 is 15.6 Å². The number of aromatic nitrogens is 4. The first-order valence-electron chi connectivity index (χ1n) is 7.62. The SMILES string of the molecule is CCN(CC)c1ccc(-c2nc3nc(N)n(C)c(=O)c3[nH]2)cc1. The lowest BCUT2D eigenvalue weighted by atomic mass is 10.2. The Balaban J connectivity index is 2.04. The van der Waals surface area contributed by atoms with Gasteiger partial charge in [-0.25, -0.2) is 4.98 Å². The van der Waals surface area contributed by atoms with Crippen LogP contribution in [-0.2, 0) is 7.05 Å². The summed E-state index contributed by atoms with van der Waals surface area (Å²) in [6.07, 6.45) is 0. The number of nitrogens with zero attached hydrogens (tertiary/aromatic N) is 4. The van der Waals surface area contributed by atoms with Gasteiger partial charge in [0.05, 0.1) is 0 Å². The number of imidazole rings is 1. The zero-order valence-electron chi connectivity index (χ0n) is 13.5. The molecule has 0 aliphatic heterocycles. The predicted octanol–water partition coefficient (Wildman–Crippen LogP) is 1.75. The molecule has 0 saturated heterocycles. The molecular formula is C16H20N6O. The number of hydrogen-bond donors (Lipinski definition) is 2. The van der Waals surface area contributed by atoms with Crippen LogP contribution < -0.4 is 16.2 Å². The number of rotatable bonds is 4. The van der Waals surface area contributed by atoms with E-state index in [0.29, 0.717) is 17.0 Å². The van der Waals surface area contributed by atoms with Crippen LogP contribution >= 0.6 is 0 Å². The molecule has 0 bridgehead atoms. The first kappa shape index (κ1) is 15.1. The molecule has 0 aliphatic rings. The summed E-state index contributed by atoms with van der Waals surface area (Å²) >= 11 is 0. The highest BCUT2D eigenvalue weighted by Crippen LogP contribution is 2.22. The molecule has 7 nitrogen and oxygen atoms in total. The molecule has 0 atom stereocenters. The number of benzene rings is 1. The molecule has 0 spiro atoms. The van der Waals surface area contributed by atoms with Gasteiger partial charge in [0.15, 0.2) is 11.2 Å². The fourth-order valence-electron chi connectivity index (χ4n) is 2.60. The summed E-state index contributed by atoms with van der Waals surface area (Å²) in [4.78, 5) is 26.0. The van der Waals surface area contributed by atoms with Crippen LogP contribution in [0.2, 0.25) is 0 Å². The van der Waals surface area contributed by atoms with Crippen molar-refractivity contribution in [2.45, 2.75) is 13.8 Å². The number of nitrogens with two attached hydrogens (primary N) is 1. The van der Waals surface area contributed by atoms with Crippen molar-refractivity contribution in [1.82, 2.24) is 19.5 Å². The van der Waals surface area contributed by atoms with E-state index in [2.05, 4.69) is 45.8 Å². The maximum Gasteiger partial charge on any atom is 0.280 e. The Morgan fingerprint density at radius 2 is 1.83 bits per heavy atom. The fraction of sp³-hybridized carbons (Fsp3) is 0.312. The van der Waals surface area contributed by atoms with E-state index in [1.165, 1.54) is 4.57 Å². The second kappa shape index (κ2) is 5.75. The Morgan fingerprint density at radius 1 is 1.17 bits per heavy atom. The average Bonchev–Trinajstić information content (AvgIpc) is 2.98. The van der Waals surface area contributed by atoms with Crippen molar-refractivity contribution in [2.24, 2.45) is 7.05 Å². The second-order valence-corrected chi connectivity index (χ2v) is 5.34. The molecule has 2 heterocycles. The van der Waals surface area contributed by atoms with Crippen molar-refractivity contribution in [3.63, 3.8) is 0 Å². The fourth-order valence-corrected chi connectivity index (χ4v) is 2.60. The molecule has 2 aromatic heterocycles. The Labute approximate surface area is 133 Å². The molecule has 0 unspecified atom stereocenters. The average molecular weight is 312 g/mol. The van der Waals surface area contributed by atoms with E-state index in [1.807, 2.05) is 12.1 Å². The maximum absolute atomic E-state index is 12.2. The van der Waals surface area contributed by atoms with Crippen molar-refractivity contribution in [2.75, 3.05) is 23.7 Å². The van der Waals surface area contributed by atoms with Gasteiger partial charge >= 0.3 is 0 Å². The van der Waals surface area contributed by atoms with Gasteiger partial charge in [0, 0.05) is 31.4 Å². The Bertz CT molecular complexity index is 889. The minimum Gasteiger partial charge on any atom is -0.372 e. The van der Waals surface area contributed by atoms with Crippen LogP contribution in [0.25, 0.3) is 22.6 Å². The molecule has 3 rings (SSSR count). The molecule has 120 valence electrons. The van der Waals surface area contributed by atoms with Crippen LogP contribution in [0.5, 0.6) is 0 Å². The number of nitrogen functional groups attached to an aromatic ring is 1. The number of H-pyrrole nitrogens is 1. The topological polar surface area (TPSA) is 92.8 Å². The molecule has 0 fully saturated rings. The summed E-state index contributed by atoms with van der Waals surface area (Å²) in [6.45, 7) is 6.17. The number of hydrogen-bond acceptors (Lipinski definition) is 5. The Kier molecular flexibility index (Phi) is 3.77. The van der Waals surface area contributed by atoms with E-state index in [-0.39, 0.29) is 11.5 Å². The lowest BCUT2D eigenvalue weighted by molar-refractivity contribution is 0.858. The van der Waals surface area contributed by atoms with Crippen LogP contribution in [0.1, 0.15) is 13.8 Å². The lowest BCUT2D eigenvalue weighted by Gasteiger charge is -2.20. The summed E-state index contributed by atoms with van der Waals surface area (Å²) in [5.41, 5.74) is 8.25. The molecule has 0 saturated carbocycles. The van der Waals surface area contributed by atoms with E-state index in [4.69, 9.17) is 5.73 Å². The number of nitrogens with one attached hydrogen (secondary N) is 1. The monoisotopic (exact) mass is 312 g/mol. The second-order valence-electron chi connectivity index (χ2n) is 5.34. The van der Waals surface area contributed by atoms with Crippen LogP contribution in [0.3, 0.4) is 0 Å². The Morgan fingerprint density at radius 3 is 2.43 bits per heavy atom. The molecule has 0 radical (unpaired) electrons. The molecule has 1 aromatic carbocycles. The van der Waals surface area contributed by atoms with Gasteiger partial charge in [0.25, 0.3) is 5.56 Å². The highest BCUT2D eigenvalue weighted by Gasteiger charge is 2.12. The molecular weight excluding hydrogens is 292 g/mol. The first-order chi connectivity index (χ1) is 11.0. The van der Waals surface area contributed by atoms with Crippen LogP contribution in [0.4, 0.5) is 11.6 Å². The van der Waals surface area contributed by atoms with E-state index < -0.39 is 0 Å². The standard InChI is InChI=1S/C16H20N6O/c1-4-22(5-2)11-8-6-10(7-9-11)13-18-12-14(19-13)20-16(17)21(3)15(12)23/h6-9H,4-5H2,1-3H3,(H2,17,20)(H,18,19). The summed E-state index contributed by atoms with van der Waals surface area (Å²) in [5.74, 6) is 0.763. The number of anilines is 2. The van der Waals surface area contributed by atoms with Crippen LogP contribution in [-0.4, -0.2) is 32.6 Å². The number of aromatic amines is 1.